The second kappa shape index (κ2) is 7.27. The Bertz CT molecular complexity index is 395. The minimum absolute atomic E-state index is 0.00833. The lowest BCUT2D eigenvalue weighted by Crippen LogP contribution is -2.33. The predicted molar refractivity (Wildman–Crippen MR) is 75.4 cm³/mol. The second-order valence-corrected chi connectivity index (χ2v) is 5.08. The van der Waals surface area contributed by atoms with E-state index in [4.69, 9.17) is 16.7 Å². The molecule has 1 aromatic rings. The summed E-state index contributed by atoms with van der Waals surface area (Å²) in [5.74, 6) is -0.355. The number of benzene rings is 1. The van der Waals surface area contributed by atoms with Gasteiger partial charge in [0, 0.05) is 17.3 Å². The van der Waals surface area contributed by atoms with E-state index in [0.29, 0.717) is 10.9 Å². The molecule has 0 heterocycles. The van der Waals surface area contributed by atoms with Gasteiger partial charge in [0.1, 0.15) is 6.54 Å². The van der Waals surface area contributed by atoms with Gasteiger partial charge in [-0.05, 0) is 30.5 Å². The zero-order chi connectivity index (χ0) is 13.5. The van der Waals surface area contributed by atoms with Crippen LogP contribution in [0.3, 0.4) is 0 Å². The largest absolute Gasteiger partial charge is 0.480 e. The first-order valence-corrected chi connectivity index (χ1v) is 6.63. The van der Waals surface area contributed by atoms with E-state index in [1.807, 2.05) is 23.1 Å². The molecule has 0 saturated heterocycles. The number of hydrogen-bond acceptors (Lipinski definition) is 2. The first kappa shape index (κ1) is 14.8. The molecular formula is C14H20ClNO2. The molecule has 4 heteroatoms. The molecule has 18 heavy (non-hydrogen) atoms. The number of carbonyl (C=O) groups is 1. The molecule has 0 saturated carbocycles. The van der Waals surface area contributed by atoms with Crippen molar-refractivity contribution in [2.45, 2.75) is 26.7 Å². The number of carboxylic acid groups (broad SMARTS) is 1. The Morgan fingerprint density at radius 2 is 2.22 bits per heavy atom. The molecule has 0 aromatic heterocycles. The van der Waals surface area contributed by atoms with Crippen molar-refractivity contribution in [3.63, 3.8) is 0 Å². The van der Waals surface area contributed by atoms with Gasteiger partial charge < -0.3 is 10.0 Å². The molecule has 0 aliphatic carbocycles. The van der Waals surface area contributed by atoms with Crippen LogP contribution in [0.15, 0.2) is 24.3 Å². The van der Waals surface area contributed by atoms with Crippen LogP contribution < -0.4 is 4.90 Å². The van der Waals surface area contributed by atoms with Crippen molar-refractivity contribution in [2.24, 2.45) is 5.92 Å². The summed E-state index contributed by atoms with van der Waals surface area (Å²) in [6.45, 7) is 5.02. The monoisotopic (exact) mass is 269 g/mol. The topological polar surface area (TPSA) is 40.5 Å². The fourth-order valence-corrected chi connectivity index (χ4v) is 2.24. The molecule has 1 aromatic carbocycles. The average Bonchev–Trinajstić information content (AvgIpc) is 2.28. The number of aliphatic carboxylic acids is 1. The fraction of sp³-hybridized carbons (Fsp3) is 0.500. The van der Waals surface area contributed by atoms with Crippen LogP contribution in [-0.2, 0) is 4.79 Å². The lowest BCUT2D eigenvalue weighted by molar-refractivity contribution is -0.135. The first-order chi connectivity index (χ1) is 8.52. The van der Waals surface area contributed by atoms with Crippen LogP contribution in [0.1, 0.15) is 26.7 Å². The van der Waals surface area contributed by atoms with Crippen molar-refractivity contribution in [1.82, 2.24) is 0 Å². The van der Waals surface area contributed by atoms with Gasteiger partial charge in [0.15, 0.2) is 0 Å². The van der Waals surface area contributed by atoms with Crippen molar-refractivity contribution in [3.8, 4) is 0 Å². The van der Waals surface area contributed by atoms with Crippen molar-refractivity contribution >= 4 is 23.3 Å². The van der Waals surface area contributed by atoms with Crippen LogP contribution >= 0.6 is 11.6 Å². The summed E-state index contributed by atoms with van der Waals surface area (Å²) >= 11 is 5.95. The van der Waals surface area contributed by atoms with Crippen LogP contribution in [0, 0.1) is 5.92 Å². The van der Waals surface area contributed by atoms with Gasteiger partial charge >= 0.3 is 5.97 Å². The van der Waals surface area contributed by atoms with Crippen LogP contribution in [0.5, 0.6) is 0 Å². The zero-order valence-electron chi connectivity index (χ0n) is 10.9. The van der Waals surface area contributed by atoms with Crippen LogP contribution in [0.4, 0.5) is 5.69 Å². The van der Waals surface area contributed by atoms with Gasteiger partial charge in [-0.15, -0.1) is 0 Å². The lowest BCUT2D eigenvalue weighted by atomic mass is 10.1. The normalized spacial score (nSPS) is 12.2. The summed E-state index contributed by atoms with van der Waals surface area (Å²) in [5, 5.41) is 9.61. The molecule has 0 spiro atoms. The predicted octanol–water partition coefficient (Wildman–Crippen LogP) is 3.67. The number of nitrogens with zero attached hydrogens (tertiary/aromatic N) is 1. The maximum absolute atomic E-state index is 10.9. The van der Waals surface area contributed by atoms with Crippen molar-refractivity contribution in [2.75, 3.05) is 18.0 Å². The summed E-state index contributed by atoms with van der Waals surface area (Å²) in [7, 11) is 0. The Morgan fingerprint density at radius 3 is 2.78 bits per heavy atom. The number of rotatable bonds is 7. The van der Waals surface area contributed by atoms with E-state index >= 15 is 0 Å². The molecule has 0 fully saturated rings. The Labute approximate surface area is 113 Å². The van der Waals surface area contributed by atoms with Crippen molar-refractivity contribution < 1.29 is 9.90 Å². The van der Waals surface area contributed by atoms with Crippen LogP contribution in [-0.4, -0.2) is 24.2 Å². The quantitative estimate of drug-likeness (QED) is 0.821. The molecule has 1 atom stereocenters. The van der Waals surface area contributed by atoms with E-state index in [0.717, 1.165) is 25.1 Å². The van der Waals surface area contributed by atoms with Gasteiger partial charge in [-0.3, -0.25) is 4.79 Å². The zero-order valence-corrected chi connectivity index (χ0v) is 11.7. The molecule has 0 aliphatic heterocycles. The summed E-state index contributed by atoms with van der Waals surface area (Å²) in [4.78, 5) is 12.8. The fourth-order valence-electron chi connectivity index (χ4n) is 2.06. The highest BCUT2D eigenvalue weighted by atomic mass is 35.5. The van der Waals surface area contributed by atoms with E-state index in [9.17, 15) is 4.79 Å². The smallest absolute Gasteiger partial charge is 0.323 e. The summed E-state index contributed by atoms with van der Waals surface area (Å²) in [5.41, 5.74) is 0.868. The molecular weight excluding hydrogens is 250 g/mol. The minimum Gasteiger partial charge on any atom is -0.480 e. The Balaban J connectivity index is 2.80. The number of carboxylic acids is 1. The molecule has 100 valence electrons. The van der Waals surface area contributed by atoms with Crippen molar-refractivity contribution in [1.29, 1.82) is 0 Å². The van der Waals surface area contributed by atoms with Gasteiger partial charge in [-0.25, -0.2) is 0 Å². The molecule has 0 aliphatic rings. The highest BCUT2D eigenvalue weighted by Gasteiger charge is 2.14. The highest BCUT2D eigenvalue weighted by molar-refractivity contribution is 6.30. The Kier molecular flexibility index (Phi) is 5.99. The SMILES string of the molecule is CCCC(C)CN(CC(=O)O)c1cccc(Cl)c1. The van der Waals surface area contributed by atoms with E-state index < -0.39 is 5.97 Å². The standard InChI is InChI=1S/C14H20ClNO2/c1-3-5-11(2)9-16(10-14(17)18)13-7-4-6-12(15)8-13/h4,6-8,11H,3,5,9-10H2,1-2H3,(H,17,18). The maximum Gasteiger partial charge on any atom is 0.323 e. The Hall–Kier alpha value is -1.22. The number of hydrogen-bond donors (Lipinski definition) is 1. The average molecular weight is 270 g/mol. The van der Waals surface area contributed by atoms with Gasteiger partial charge in [-0.1, -0.05) is 37.9 Å². The highest BCUT2D eigenvalue weighted by Crippen LogP contribution is 2.21. The second-order valence-electron chi connectivity index (χ2n) is 4.65. The van der Waals surface area contributed by atoms with Gasteiger partial charge in [-0.2, -0.15) is 0 Å². The van der Waals surface area contributed by atoms with E-state index in [-0.39, 0.29) is 6.54 Å². The third-order valence-electron chi connectivity index (χ3n) is 2.81. The van der Waals surface area contributed by atoms with E-state index in [1.165, 1.54) is 0 Å². The van der Waals surface area contributed by atoms with Crippen LogP contribution in [0.2, 0.25) is 5.02 Å². The van der Waals surface area contributed by atoms with E-state index in [1.54, 1.807) is 6.07 Å². The summed E-state index contributed by atoms with van der Waals surface area (Å²) < 4.78 is 0. The summed E-state index contributed by atoms with van der Waals surface area (Å²) in [6.07, 6.45) is 2.20. The summed E-state index contributed by atoms with van der Waals surface area (Å²) in [6, 6.07) is 7.34. The maximum atomic E-state index is 10.9. The molecule has 0 bridgehead atoms. The molecule has 0 amide bonds. The van der Waals surface area contributed by atoms with E-state index in [2.05, 4.69) is 13.8 Å². The van der Waals surface area contributed by atoms with Crippen molar-refractivity contribution in [3.05, 3.63) is 29.3 Å². The molecule has 0 radical (unpaired) electrons. The Morgan fingerprint density at radius 1 is 1.50 bits per heavy atom. The van der Waals surface area contributed by atoms with Crippen LogP contribution in [0.25, 0.3) is 0 Å². The van der Waals surface area contributed by atoms with Gasteiger partial charge in [0.25, 0.3) is 0 Å². The molecule has 3 nitrogen and oxygen atoms in total. The number of anilines is 1. The lowest BCUT2D eigenvalue weighted by Gasteiger charge is -2.26. The number of halogens is 1. The van der Waals surface area contributed by atoms with Gasteiger partial charge in [0.05, 0.1) is 0 Å². The van der Waals surface area contributed by atoms with Gasteiger partial charge in [0.2, 0.25) is 0 Å². The molecule has 1 N–H and O–H groups in total. The first-order valence-electron chi connectivity index (χ1n) is 6.25. The third kappa shape index (κ3) is 4.96. The third-order valence-corrected chi connectivity index (χ3v) is 3.05. The molecule has 1 rings (SSSR count). The molecule has 1 unspecified atom stereocenters. The minimum atomic E-state index is -0.821.